The van der Waals surface area contributed by atoms with E-state index in [0.29, 0.717) is 5.92 Å². The number of anilines is 1. The van der Waals surface area contributed by atoms with Crippen LogP contribution in [0.25, 0.3) is 85.1 Å². The number of fused-ring (bicyclic) bond motifs is 4. The minimum absolute atomic E-state index is 0.569. The van der Waals surface area contributed by atoms with E-state index in [1.165, 1.54) is 21.8 Å². The number of hydrogen-bond acceptors (Lipinski definition) is 5. The largest absolute Gasteiger partial charge is 0.388 e. The van der Waals surface area contributed by atoms with Gasteiger partial charge in [-0.05, 0) is 124 Å². The van der Waals surface area contributed by atoms with Gasteiger partial charge in [-0.15, -0.1) is 23.3 Å². The van der Waals surface area contributed by atoms with Crippen molar-refractivity contribution in [3.63, 3.8) is 0 Å². The van der Waals surface area contributed by atoms with Crippen molar-refractivity contribution in [1.82, 2.24) is 9.13 Å². The zero-order valence-electron chi connectivity index (χ0n) is 41.7. The third-order valence-electron chi connectivity index (χ3n) is 13.5. The first-order valence-corrected chi connectivity index (χ1v) is 26.3. The van der Waals surface area contributed by atoms with E-state index in [0.717, 1.165) is 95.9 Å². The van der Waals surface area contributed by atoms with Gasteiger partial charge in [0.05, 0.1) is 28.0 Å². The first-order chi connectivity index (χ1) is 36.5. The van der Waals surface area contributed by atoms with Gasteiger partial charge in [-0.3, -0.25) is 0 Å². The average Bonchev–Trinajstić information content (AvgIpc) is 3.98. The molecule has 1 atom stereocenters. The second-order valence-corrected chi connectivity index (χ2v) is 18.0. The van der Waals surface area contributed by atoms with Crippen LogP contribution in [-0.4, -0.2) is 21.9 Å². The number of nitrogens with two attached hydrogens (primary N) is 1. The van der Waals surface area contributed by atoms with Gasteiger partial charge < -0.3 is 20.3 Å². The van der Waals surface area contributed by atoms with Gasteiger partial charge in [0.15, 0.2) is 0 Å². The third kappa shape index (κ3) is 10.7. The maximum Gasteiger partial charge on any atom is 0.0902 e. The van der Waals surface area contributed by atoms with Gasteiger partial charge in [0.2, 0.25) is 0 Å². The molecule has 1 aliphatic rings. The summed E-state index contributed by atoms with van der Waals surface area (Å²) in [7, 11) is 1.98. The molecule has 5 nitrogen and oxygen atoms in total. The molecule has 2 heterocycles. The number of nitrogens with one attached hydrogen (secondary N) is 1. The number of para-hydroxylation sites is 3. The van der Waals surface area contributed by atoms with Gasteiger partial charge in [-0.1, -0.05) is 202 Å². The molecular formula is C67H59N5S2. The van der Waals surface area contributed by atoms with Crippen molar-refractivity contribution in [2.45, 2.75) is 13.3 Å². The summed E-state index contributed by atoms with van der Waals surface area (Å²) in [6.07, 6.45) is 17.9. The second kappa shape index (κ2) is 23.8. The van der Waals surface area contributed by atoms with Crippen molar-refractivity contribution in [3.05, 3.63) is 277 Å². The maximum atomic E-state index is 5.71. The summed E-state index contributed by atoms with van der Waals surface area (Å²) in [5.41, 5.74) is 18.9. The zero-order chi connectivity index (χ0) is 51.4. The lowest BCUT2D eigenvalue weighted by Crippen LogP contribution is -2.07. The first-order valence-electron chi connectivity index (χ1n) is 24.7. The summed E-state index contributed by atoms with van der Waals surface area (Å²) in [5, 5.41) is 11.1. The molecule has 364 valence electrons. The average molecular weight is 998 g/mol. The number of benzene rings is 8. The van der Waals surface area contributed by atoms with Crippen LogP contribution in [0.15, 0.2) is 248 Å². The lowest BCUT2D eigenvalue weighted by molar-refractivity contribution is 0.734. The summed E-state index contributed by atoms with van der Waals surface area (Å²) >= 11 is 6.44. The first kappa shape index (κ1) is 50.5. The van der Waals surface area contributed by atoms with Crippen LogP contribution in [0.1, 0.15) is 46.9 Å². The van der Waals surface area contributed by atoms with Crippen LogP contribution in [-0.2, 0) is 0 Å². The molecule has 10 aromatic rings. The van der Waals surface area contributed by atoms with Crippen LogP contribution >= 0.6 is 23.3 Å². The predicted octanol–water partition coefficient (Wildman–Crippen LogP) is 17.6. The molecule has 11 rings (SSSR count). The van der Waals surface area contributed by atoms with Crippen molar-refractivity contribution >= 4 is 97.3 Å². The van der Waals surface area contributed by atoms with Gasteiger partial charge in [0.1, 0.15) is 0 Å². The van der Waals surface area contributed by atoms with Crippen molar-refractivity contribution in [2.24, 2.45) is 16.9 Å². The lowest BCUT2D eigenvalue weighted by Gasteiger charge is -2.14. The highest BCUT2D eigenvalue weighted by Gasteiger charge is 2.17. The number of aromatic nitrogens is 2. The maximum absolute atomic E-state index is 5.71. The second-order valence-electron chi connectivity index (χ2n) is 18.0. The Morgan fingerprint density at radius 2 is 1.18 bits per heavy atom. The Hall–Kier alpha value is -8.49. The SMILES string of the molecule is C=Cc1c(C=C)n(-c2ccccc2)c2cc(-c3ccc(NC)c(/C=C\c4ccc5c6ccccc6n(-c6ccccc6)c5c4)c3)ccc12.CC1C=CC(/C(C=C(c2ccccc2)c2ccccc2)=N/N)=CC1.SS. The van der Waals surface area contributed by atoms with E-state index in [1.807, 2.05) is 61.7 Å². The Labute approximate surface area is 445 Å². The molecule has 0 saturated heterocycles. The third-order valence-corrected chi connectivity index (χ3v) is 13.5. The zero-order valence-corrected chi connectivity index (χ0v) is 43.5. The summed E-state index contributed by atoms with van der Waals surface area (Å²) in [6.45, 7) is 10.5. The molecule has 0 aliphatic heterocycles. The van der Waals surface area contributed by atoms with Crippen molar-refractivity contribution < 1.29 is 0 Å². The summed E-state index contributed by atoms with van der Waals surface area (Å²) < 4.78 is 4.63. The highest BCUT2D eigenvalue weighted by molar-refractivity contribution is 8.59. The molecule has 3 N–H and O–H groups in total. The van der Waals surface area contributed by atoms with E-state index in [4.69, 9.17) is 5.84 Å². The molecular weight excluding hydrogens is 939 g/mol. The molecule has 74 heavy (non-hydrogen) atoms. The number of hydrogen-bond donors (Lipinski definition) is 4. The minimum Gasteiger partial charge on any atom is -0.388 e. The molecule has 0 saturated carbocycles. The topological polar surface area (TPSA) is 60.3 Å². The van der Waals surface area contributed by atoms with Crippen molar-refractivity contribution in [3.8, 4) is 22.5 Å². The van der Waals surface area contributed by atoms with Crippen LogP contribution in [0.5, 0.6) is 0 Å². The van der Waals surface area contributed by atoms with E-state index in [1.54, 1.807) is 0 Å². The molecule has 7 heteroatoms. The van der Waals surface area contributed by atoms with Crippen LogP contribution in [0, 0.1) is 5.92 Å². The lowest BCUT2D eigenvalue weighted by atomic mass is 9.92. The predicted molar refractivity (Wildman–Crippen MR) is 329 cm³/mol. The Morgan fingerprint density at radius 1 is 0.608 bits per heavy atom. The smallest absolute Gasteiger partial charge is 0.0902 e. The Balaban J connectivity index is 0.000000217. The molecule has 0 spiro atoms. The molecule has 0 bridgehead atoms. The fourth-order valence-electron chi connectivity index (χ4n) is 9.84. The summed E-state index contributed by atoms with van der Waals surface area (Å²) in [5.74, 6) is 6.28. The standard InChI is InChI=1S/C45H35N3.C22H22N2.H2S2/c1-4-37-39-26-23-33(30-45(39)47(42(37)5-2)35-14-8-6-9-15-35)32-24-27-41(46-3)34(29-32)22-20-31-21-25-40-38-18-12-13-19-43(38)48(44(40)28-31)36-16-10-7-11-17-36;1-17-12-14-20(15-13-17)22(24-23)16-21(18-8-4-2-5-9-18)19-10-6-3-7-11-19;1-2/h4-30,46H,1-2H2,3H3;2-12,14-17H,13,23H2,1H3;1-2H/b22-20-;24-22+;. The van der Waals surface area contributed by atoms with Crippen LogP contribution < -0.4 is 11.2 Å². The fraction of sp³-hybridized carbons (Fsp3) is 0.0597. The molecule has 0 radical (unpaired) electrons. The van der Waals surface area contributed by atoms with E-state index < -0.39 is 0 Å². The quantitative estimate of drug-likeness (QED) is 0.0246. The van der Waals surface area contributed by atoms with Gasteiger partial charge >= 0.3 is 0 Å². The highest BCUT2D eigenvalue weighted by atomic mass is 33.1. The van der Waals surface area contributed by atoms with Crippen molar-refractivity contribution in [1.29, 1.82) is 0 Å². The molecule has 2 aromatic heterocycles. The number of nitrogens with zero attached hydrogens (tertiary/aromatic N) is 3. The number of hydrazone groups is 1. The normalized spacial score (nSPS) is 13.2. The summed E-state index contributed by atoms with van der Waals surface area (Å²) in [6, 6.07) is 70.4. The van der Waals surface area contributed by atoms with Gasteiger partial charge in [0.25, 0.3) is 0 Å². The van der Waals surface area contributed by atoms with E-state index >= 15 is 0 Å². The van der Waals surface area contributed by atoms with Gasteiger partial charge in [-0.2, -0.15) is 5.10 Å². The Morgan fingerprint density at radius 3 is 1.78 bits per heavy atom. The molecule has 0 amide bonds. The van der Waals surface area contributed by atoms with Crippen LogP contribution in [0.2, 0.25) is 0 Å². The van der Waals surface area contributed by atoms with Gasteiger partial charge in [-0.25, -0.2) is 0 Å². The molecule has 8 aromatic carbocycles. The number of thiol groups is 2. The number of allylic oxidation sites excluding steroid dienone is 5. The van der Waals surface area contributed by atoms with E-state index in [9.17, 15) is 0 Å². The Kier molecular flexibility index (Phi) is 16.2. The molecule has 0 fully saturated rings. The van der Waals surface area contributed by atoms with Gasteiger partial charge in [0, 0.05) is 45.8 Å². The van der Waals surface area contributed by atoms with Crippen molar-refractivity contribution in [2.75, 3.05) is 12.4 Å². The monoisotopic (exact) mass is 997 g/mol. The van der Waals surface area contributed by atoms with Crippen LogP contribution in [0.4, 0.5) is 5.69 Å². The minimum atomic E-state index is 0.569. The number of rotatable bonds is 12. The molecule has 1 unspecified atom stereocenters. The molecule has 1 aliphatic carbocycles. The fourth-order valence-corrected chi connectivity index (χ4v) is 9.84. The Bertz CT molecular complexity index is 3710. The van der Waals surface area contributed by atoms with E-state index in [2.05, 4.69) is 257 Å². The van der Waals surface area contributed by atoms with Crippen LogP contribution in [0.3, 0.4) is 0 Å². The summed E-state index contributed by atoms with van der Waals surface area (Å²) in [4.78, 5) is 0. The van der Waals surface area contributed by atoms with E-state index in [-0.39, 0.29) is 0 Å². The highest BCUT2D eigenvalue weighted by Crippen LogP contribution is 2.37.